The fraction of sp³-hybridized carbons (Fsp3) is 0.556. The Hall–Kier alpha value is -1.56. The molecule has 0 bridgehead atoms. The monoisotopic (exact) mass is 524 g/mol. The van der Waals surface area contributed by atoms with Crippen molar-refractivity contribution in [1.29, 1.82) is 0 Å². The van der Waals surface area contributed by atoms with Crippen molar-refractivity contribution in [3.05, 3.63) is 29.8 Å². The Balaban J connectivity index is 0.00000392. The van der Waals surface area contributed by atoms with Gasteiger partial charge in [0.1, 0.15) is 5.75 Å². The van der Waals surface area contributed by atoms with E-state index in [1.165, 1.54) is 0 Å². The van der Waals surface area contributed by atoms with Crippen LogP contribution in [-0.4, -0.2) is 58.0 Å². The first-order chi connectivity index (χ1) is 12.9. The van der Waals surface area contributed by atoms with Crippen LogP contribution in [0.4, 0.5) is 0 Å². The number of rotatable bonds is 8. The topological polar surface area (TPSA) is 109 Å². The van der Waals surface area contributed by atoms with Crippen molar-refractivity contribution in [2.24, 2.45) is 4.99 Å². The molecule has 3 N–H and O–H groups in total. The molecule has 0 aromatic heterocycles. The molecule has 1 unspecified atom stereocenters. The zero-order valence-electron chi connectivity index (χ0n) is 16.2. The molecule has 0 saturated carbocycles. The molecule has 1 aromatic carbocycles. The van der Waals surface area contributed by atoms with Crippen LogP contribution >= 0.6 is 24.0 Å². The molecular formula is C18H29IN4O4S. The van der Waals surface area contributed by atoms with Crippen LogP contribution in [0.3, 0.4) is 0 Å². The van der Waals surface area contributed by atoms with Gasteiger partial charge in [-0.05, 0) is 31.0 Å². The Kier molecular flexibility index (Phi) is 10.6. The van der Waals surface area contributed by atoms with Gasteiger partial charge in [-0.1, -0.05) is 12.1 Å². The van der Waals surface area contributed by atoms with Crippen molar-refractivity contribution in [1.82, 2.24) is 16.0 Å². The number of nitrogens with one attached hydrogen (secondary N) is 3. The highest BCUT2D eigenvalue weighted by molar-refractivity contribution is 14.0. The lowest BCUT2D eigenvalue weighted by molar-refractivity contribution is -0.121. The van der Waals surface area contributed by atoms with E-state index in [4.69, 9.17) is 4.74 Å². The fourth-order valence-electron chi connectivity index (χ4n) is 2.75. The van der Waals surface area contributed by atoms with Crippen LogP contribution in [0.2, 0.25) is 0 Å². The van der Waals surface area contributed by atoms with Crippen LogP contribution in [0.1, 0.15) is 25.3 Å². The van der Waals surface area contributed by atoms with Crippen LogP contribution < -0.4 is 20.7 Å². The number of halogens is 1. The Labute approximate surface area is 183 Å². The first-order valence-electron chi connectivity index (χ1n) is 9.06. The number of guanidine groups is 1. The zero-order chi connectivity index (χ0) is 19.7. The second-order valence-corrected chi connectivity index (χ2v) is 8.62. The number of amides is 1. The number of hydrogen-bond acceptors (Lipinski definition) is 5. The molecule has 1 saturated heterocycles. The largest absolute Gasteiger partial charge is 0.497 e. The molecule has 1 fully saturated rings. The number of aliphatic imine (C=N–C) groups is 1. The van der Waals surface area contributed by atoms with Crippen molar-refractivity contribution in [2.75, 3.05) is 31.7 Å². The van der Waals surface area contributed by atoms with Crippen molar-refractivity contribution < 1.29 is 17.9 Å². The van der Waals surface area contributed by atoms with Gasteiger partial charge in [-0.25, -0.2) is 13.4 Å². The Morgan fingerprint density at radius 1 is 1.25 bits per heavy atom. The summed E-state index contributed by atoms with van der Waals surface area (Å²) in [5.41, 5.74) is 1.05. The lowest BCUT2D eigenvalue weighted by Crippen LogP contribution is -2.41. The third kappa shape index (κ3) is 8.63. The van der Waals surface area contributed by atoms with Crippen LogP contribution in [0.25, 0.3) is 0 Å². The summed E-state index contributed by atoms with van der Waals surface area (Å²) in [6.07, 6.45) is 0.747. The second kappa shape index (κ2) is 12.1. The van der Waals surface area contributed by atoms with Crippen LogP contribution in [0.5, 0.6) is 5.75 Å². The van der Waals surface area contributed by atoms with E-state index in [-0.39, 0.29) is 53.9 Å². The predicted octanol–water partition coefficient (Wildman–Crippen LogP) is 1.06. The first kappa shape index (κ1) is 24.5. The molecule has 8 nitrogen and oxygen atoms in total. The highest BCUT2D eigenvalue weighted by Crippen LogP contribution is 2.12. The lowest BCUT2D eigenvalue weighted by atomic mass is 10.2. The molecule has 0 spiro atoms. The summed E-state index contributed by atoms with van der Waals surface area (Å²) in [5, 5.41) is 9.04. The predicted molar refractivity (Wildman–Crippen MR) is 121 cm³/mol. The number of sulfone groups is 1. The maximum absolute atomic E-state index is 12.0. The van der Waals surface area contributed by atoms with E-state index in [1.54, 1.807) is 7.11 Å². The SMILES string of the molecule is CCNC(=NCc1ccc(OC)cc1)NCCC(=O)NC1CCS(=O)(=O)C1.I. The van der Waals surface area contributed by atoms with Gasteiger partial charge >= 0.3 is 0 Å². The number of ether oxygens (including phenoxy) is 1. The molecule has 1 atom stereocenters. The van der Waals surface area contributed by atoms with Gasteiger partial charge in [-0.3, -0.25) is 4.79 Å². The van der Waals surface area contributed by atoms with E-state index in [1.807, 2.05) is 31.2 Å². The summed E-state index contributed by atoms with van der Waals surface area (Å²) in [6.45, 7) is 3.60. The van der Waals surface area contributed by atoms with E-state index < -0.39 is 9.84 Å². The molecule has 158 valence electrons. The summed E-state index contributed by atoms with van der Waals surface area (Å²) < 4.78 is 28.0. The normalized spacial score (nSPS) is 18.1. The van der Waals surface area contributed by atoms with E-state index >= 15 is 0 Å². The highest BCUT2D eigenvalue weighted by atomic mass is 127. The maximum Gasteiger partial charge on any atom is 0.222 e. The van der Waals surface area contributed by atoms with E-state index in [2.05, 4.69) is 20.9 Å². The standard InChI is InChI=1S/C18H28N4O4S.HI/c1-3-19-18(21-12-14-4-6-16(26-2)7-5-14)20-10-8-17(23)22-15-9-11-27(24,25)13-15;/h4-7,15H,3,8-13H2,1-2H3,(H,22,23)(H2,19,20,21);1H. The Morgan fingerprint density at radius 3 is 2.54 bits per heavy atom. The third-order valence-electron chi connectivity index (χ3n) is 4.17. The summed E-state index contributed by atoms with van der Waals surface area (Å²) in [5.74, 6) is 1.46. The van der Waals surface area contributed by atoms with Crippen LogP contribution in [0, 0.1) is 0 Å². The van der Waals surface area contributed by atoms with Crippen molar-refractivity contribution in [3.8, 4) is 5.75 Å². The van der Waals surface area contributed by atoms with Crippen LogP contribution in [-0.2, 0) is 21.2 Å². The van der Waals surface area contributed by atoms with Gasteiger partial charge in [-0.2, -0.15) is 0 Å². The van der Waals surface area contributed by atoms with Gasteiger partial charge in [0.15, 0.2) is 15.8 Å². The van der Waals surface area contributed by atoms with E-state index in [0.717, 1.165) is 11.3 Å². The number of methoxy groups -OCH3 is 1. The molecule has 1 heterocycles. The maximum atomic E-state index is 12.0. The molecule has 1 aliphatic heterocycles. The Morgan fingerprint density at radius 2 is 1.96 bits per heavy atom. The third-order valence-corrected chi connectivity index (χ3v) is 5.93. The summed E-state index contributed by atoms with van der Waals surface area (Å²) in [6, 6.07) is 7.42. The minimum absolute atomic E-state index is 0. The summed E-state index contributed by atoms with van der Waals surface area (Å²) in [7, 11) is -1.36. The smallest absolute Gasteiger partial charge is 0.222 e. The molecule has 28 heavy (non-hydrogen) atoms. The van der Waals surface area contributed by atoms with Gasteiger partial charge in [0.2, 0.25) is 5.91 Å². The van der Waals surface area contributed by atoms with Crippen molar-refractivity contribution in [3.63, 3.8) is 0 Å². The molecular weight excluding hydrogens is 495 g/mol. The molecule has 0 radical (unpaired) electrons. The van der Waals surface area contributed by atoms with Gasteiger partial charge in [-0.15, -0.1) is 24.0 Å². The number of carbonyl (C=O) groups excluding carboxylic acids is 1. The van der Waals surface area contributed by atoms with Crippen LogP contribution in [0.15, 0.2) is 29.3 Å². The van der Waals surface area contributed by atoms with E-state index in [0.29, 0.717) is 32.0 Å². The minimum atomic E-state index is -2.99. The minimum Gasteiger partial charge on any atom is -0.497 e. The van der Waals surface area contributed by atoms with E-state index in [9.17, 15) is 13.2 Å². The Bertz CT molecular complexity index is 753. The van der Waals surface area contributed by atoms with Gasteiger partial charge in [0.25, 0.3) is 0 Å². The van der Waals surface area contributed by atoms with Gasteiger partial charge < -0.3 is 20.7 Å². The average molecular weight is 524 g/mol. The highest BCUT2D eigenvalue weighted by Gasteiger charge is 2.28. The quantitative estimate of drug-likeness (QED) is 0.267. The molecule has 10 heteroatoms. The van der Waals surface area contributed by atoms with Gasteiger partial charge in [0, 0.05) is 25.6 Å². The molecule has 1 aliphatic rings. The lowest BCUT2D eigenvalue weighted by Gasteiger charge is -2.13. The number of nitrogens with zero attached hydrogens (tertiary/aromatic N) is 1. The van der Waals surface area contributed by atoms with Gasteiger partial charge in [0.05, 0.1) is 25.2 Å². The first-order valence-corrected chi connectivity index (χ1v) is 10.9. The molecule has 2 rings (SSSR count). The second-order valence-electron chi connectivity index (χ2n) is 6.39. The molecule has 1 amide bonds. The average Bonchev–Trinajstić information content (AvgIpc) is 2.98. The number of benzene rings is 1. The number of hydrogen-bond donors (Lipinski definition) is 3. The fourth-order valence-corrected chi connectivity index (χ4v) is 4.42. The summed E-state index contributed by atoms with van der Waals surface area (Å²) >= 11 is 0. The zero-order valence-corrected chi connectivity index (χ0v) is 19.4. The molecule has 1 aromatic rings. The van der Waals surface area contributed by atoms with Crippen molar-refractivity contribution in [2.45, 2.75) is 32.4 Å². The summed E-state index contributed by atoms with van der Waals surface area (Å²) in [4.78, 5) is 16.5. The van der Waals surface area contributed by atoms with Crippen molar-refractivity contribution >= 4 is 45.7 Å². The molecule has 0 aliphatic carbocycles. The number of carbonyl (C=O) groups is 1.